The Kier molecular flexibility index (Phi) is 4.39. The van der Waals surface area contributed by atoms with Crippen molar-refractivity contribution < 1.29 is 4.79 Å². The van der Waals surface area contributed by atoms with Gasteiger partial charge in [0.1, 0.15) is 0 Å². The summed E-state index contributed by atoms with van der Waals surface area (Å²) < 4.78 is 4.16. The number of carbonyl (C=O) groups is 1. The van der Waals surface area contributed by atoms with Gasteiger partial charge in [-0.15, -0.1) is 5.10 Å². The number of aryl methyl sites for hydroxylation is 1. The molecule has 2 aromatic carbocycles. The van der Waals surface area contributed by atoms with Crippen LogP contribution in [-0.4, -0.2) is 20.3 Å². The molecule has 0 saturated heterocycles. The van der Waals surface area contributed by atoms with Crippen molar-refractivity contribution in [2.24, 2.45) is 12.1 Å². The maximum Gasteiger partial charge on any atom is 0.291 e. The average Bonchev–Trinajstić information content (AvgIpc) is 3.03. The van der Waals surface area contributed by atoms with Crippen LogP contribution in [-0.2, 0) is 7.05 Å². The van der Waals surface area contributed by atoms with Crippen molar-refractivity contribution in [2.75, 3.05) is 0 Å². The molecule has 2 aromatic heterocycles. The van der Waals surface area contributed by atoms with E-state index in [1.54, 1.807) is 24.3 Å². The molecule has 7 nitrogen and oxygen atoms in total. The quantitative estimate of drug-likeness (QED) is 0.555. The molecule has 2 heterocycles. The highest BCUT2D eigenvalue weighted by Crippen LogP contribution is 2.14. The zero-order valence-corrected chi connectivity index (χ0v) is 15.2. The van der Waals surface area contributed by atoms with E-state index in [-0.39, 0.29) is 11.3 Å². The number of thiazole rings is 1. The number of hydrogen-bond donors (Lipinski definition) is 1. The van der Waals surface area contributed by atoms with Gasteiger partial charge in [-0.25, -0.2) is 5.43 Å². The van der Waals surface area contributed by atoms with E-state index >= 15 is 0 Å². The third-order valence-corrected chi connectivity index (χ3v) is 5.11. The topological polar surface area (TPSA) is 81.3 Å². The molecule has 0 bridgehead atoms. The highest BCUT2D eigenvalue weighted by molar-refractivity contribution is 7.16. The van der Waals surface area contributed by atoms with Crippen molar-refractivity contribution in [3.63, 3.8) is 0 Å². The maximum atomic E-state index is 12.5. The minimum atomic E-state index is -0.489. The number of nitrogens with zero attached hydrogens (tertiary/aromatic N) is 4. The van der Waals surface area contributed by atoms with E-state index in [1.807, 2.05) is 41.9 Å². The number of fused-ring (bicyclic) bond motifs is 1. The predicted molar refractivity (Wildman–Crippen MR) is 104 cm³/mol. The molecule has 4 aromatic rings. The van der Waals surface area contributed by atoms with Gasteiger partial charge in [0.15, 0.2) is 5.69 Å². The second-order valence-corrected chi connectivity index (χ2v) is 6.78. The van der Waals surface area contributed by atoms with Gasteiger partial charge in [-0.1, -0.05) is 41.7 Å². The molecule has 0 atom stereocenters. The third kappa shape index (κ3) is 3.30. The molecule has 134 valence electrons. The van der Waals surface area contributed by atoms with Crippen molar-refractivity contribution in [3.05, 3.63) is 87.6 Å². The molecule has 0 aliphatic carbocycles. The van der Waals surface area contributed by atoms with Crippen LogP contribution in [0.3, 0.4) is 0 Å². The summed E-state index contributed by atoms with van der Waals surface area (Å²) in [6, 6.07) is 19.5. The van der Waals surface area contributed by atoms with Crippen LogP contribution in [0.15, 0.2) is 76.6 Å². The van der Waals surface area contributed by atoms with Crippen LogP contribution in [0.5, 0.6) is 0 Å². The van der Waals surface area contributed by atoms with E-state index in [2.05, 4.69) is 15.6 Å². The Morgan fingerprint density at radius 3 is 2.56 bits per heavy atom. The van der Waals surface area contributed by atoms with Gasteiger partial charge in [0.05, 0.1) is 15.9 Å². The first kappa shape index (κ1) is 16.9. The van der Waals surface area contributed by atoms with E-state index in [0.29, 0.717) is 10.5 Å². The first-order chi connectivity index (χ1) is 13.1. The number of para-hydroxylation sites is 2. The Bertz CT molecular complexity index is 1250. The maximum absolute atomic E-state index is 12.5. The molecule has 4 rings (SSSR count). The highest BCUT2D eigenvalue weighted by Gasteiger charge is 2.10. The van der Waals surface area contributed by atoms with E-state index in [0.717, 1.165) is 10.2 Å². The molecule has 1 N–H and O–H groups in total. The molecular weight excluding hydrogens is 362 g/mol. The first-order valence-electron chi connectivity index (χ1n) is 8.18. The predicted octanol–water partition coefficient (Wildman–Crippen LogP) is 2.03. The molecule has 0 saturated carbocycles. The standard InChI is InChI=1S/C19H15N5O2S/c1-23-15-9-5-6-10-16(15)27-19(23)21-20-18(26)14-11-12-17(25)24(22-14)13-7-3-2-4-8-13/h2-12H,1H3,(H,20,26)/b21-19-. The normalized spacial score (nSPS) is 11.7. The SMILES string of the molecule is Cn1/c(=N/NC(=O)c2ccc(=O)n(-c3ccccc3)n2)sc2ccccc21. The Balaban J connectivity index is 1.65. The number of benzene rings is 2. The van der Waals surface area contributed by atoms with Crippen LogP contribution in [0.25, 0.3) is 15.9 Å². The van der Waals surface area contributed by atoms with Gasteiger partial charge >= 0.3 is 0 Å². The lowest BCUT2D eigenvalue weighted by Crippen LogP contribution is -2.28. The fraction of sp³-hybridized carbons (Fsp3) is 0.0526. The zero-order chi connectivity index (χ0) is 18.8. The second-order valence-electron chi connectivity index (χ2n) is 5.77. The van der Waals surface area contributed by atoms with E-state index in [4.69, 9.17) is 0 Å². The Hall–Kier alpha value is -3.52. The lowest BCUT2D eigenvalue weighted by atomic mass is 10.3. The number of amides is 1. The summed E-state index contributed by atoms with van der Waals surface area (Å²) >= 11 is 1.47. The smallest absolute Gasteiger partial charge is 0.291 e. The Morgan fingerprint density at radius 2 is 1.78 bits per heavy atom. The molecule has 27 heavy (non-hydrogen) atoms. The molecule has 0 unspecified atom stereocenters. The number of nitrogens with one attached hydrogen (secondary N) is 1. The summed E-state index contributed by atoms with van der Waals surface area (Å²) in [5, 5.41) is 8.35. The average molecular weight is 377 g/mol. The summed E-state index contributed by atoms with van der Waals surface area (Å²) in [4.78, 5) is 25.2. The van der Waals surface area contributed by atoms with Crippen LogP contribution >= 0.6 is 11.3 Å². The van der Waals surface area contributed by atoms with Gasteiger partial charge < -0.3 is 4.57 Å². The van der Waals surface area contributed by atoms with Gasteiger partial charge in [-0.2, -0.15) is 9.78 Å². The minimum Gasteiger partial charge on any atom is -0.318 e. The first-order valence-corrected chi connectivity index (χ1v) is 8.99. The van der Waals surface area contributed by atoms with Crippen LogP contribution in [0.1, 0.15) is 10.5 Å². The largest absolute Gasteiger partial charge is 0.318 e. The van der Waals surface area contributed by atoms with Crippen molar-refractivity contribution in [3.8, 4) is 5.69 Å². The van der Waals surface area contributed by atoms with E-state index < -0.39 is 5.91 Å². The van der Waals surface area contributed by atoms with Gasteiger partial charge in [0, 0.05) is 13.1 Å². The van der Waals surface area contributed by atoms with Crippen molar-refractivity contribution in [2.45, 2.75) is 0 Å². The number of carbonyl (C=O) groups excluding carboxylic acids is 1. The lowest BCUT2D eigenvalue weighted by Gasteiger charge is -2.05. The monoisotopic (exact) mass is 377 g/mol. The highest BCUT2D eigenvalue weighted by atomic mass is 32.1. The van der Waals surface area contributed by atoms with Crippen LogP contribution in [0.2, 0.25) is 0 Å². The molecule has 1 amide bonds. The Morgan fingerprint density at radius 1 is 1.04 bits per heavy atom. The van der Waals surface area contributed by atoms with E-state index in [9.17, 15) is 9.59 Å². The molecule has 0 aliphatic rings. The molecule has 0 fully saturated rings. The summed E-state index contributed by atoms with van der Waals surface area (Å²) in [5.41, 5.74) is 3.92. The fourth-order valence-corrected chi connectivity index (χ4v) is 3.61. The third-order valence-electron chi connectivity index (χ3n) is 4.00. The Labute approximate surface area is 157 Å². The molecule has 0 aliphatic heterocycles. The summed E-state index contributed by atoms with van der Waals surface area (Å²) in [5.74, 6) is -0.489. The molecule has 0 radical (unpaired) electrons. The van der Waals surface area contributed by atoms with Crippen molar-refractivity contribution >= 4 is 27.5 Å². The van der Waals surface area contributed by atoms with Gasteiger partial charge in [0.2, 0.25) is 4.80 Å². The molecule has 8 heteroatoms. The number of hydrogen-bond acceptors (Lipinski definition) is 5. The molecule has 0 spiro atoms. The zero-order valence-electron chi connectivity index (χ0n) is 14.4. The number of rotatable bonds is 3. The van der Waals surface area contributed by atoms with E-state index in [1.165, 1.54) is 28.2 Å². The fourth-order valence-electron chi connectivity index (χ4n) is 2.63. The summed E-state index contributed by atoms with van der Waals surface area (Å²) in [6.45, 7) is 0. The second kappa shape index (κ2) is 7.00. The van der Waals surface area contributed by atoms with Gasteiger partial charge in [-0.3, -0.25) is 9.59 Å². The van der Waals surface area contributed by atoms with Crippen LogP contribution in [0, 0.1) is 0 Å². The molecular formula is C19H15N5O2S. The van der Waals surface area contributed by atoms with Crippen LogP contribution in [0.4, 0.5) is 0 Å². The summed E-state index contributed by atoms with van der Waals surface area (Å²) in [6.07, 6.45) is 0. The van der Waals surface area contributed by atoms with Crippen molar-refractivity contribution in [1.82, 2.24) is 19.8 Å². The van der Waals surface area contributed by atoms with Gasteiger partial charge in [-0.05, 0) is 30.3 Å². The minimum absolute atomic E-state index is 0.103. The van der Waals surface area contributed by atoms with Gasteiger partial charge in [0.25, 0.3) is 11.5 Å². The van der Waals surface area contributed by atoms with Crippen LogP contribution < -0.4 is 15.8 Å². The van der Waals surface area contributed by atoms with Crippen molar-refractivity contribution in [1.29, 1.82) is 0 Å². The lowest BCUT2D eigenvalue weighted by molar-refractivity contribution is 0.0946. The summed E-state index contributed by atoms with van der Waals surface area (Å²) in [7, 11) is 1.89. The number of aromatic nitrogens is 3.